The summed E-state index contributed by atoms with van der Waals surface area (Å²) in [6.07, 6.45) is 2.68. The lowest BCUT2D eigenvalue weighted by Gasteiger charge is -2.32. The van der Waals surface area contributed by atoms with Crippen molar-refractivity contribution in [1.29, 1.82) is 5.41 Å². The fraction of sp³-hybridized carbons (Fsp3) is 0.750. The molecule has 1 rings (SSSR count). The third-order valence-electron chi connectivity index (χ3n) is 3.34. The van der Waals surface area contributed by atoms with Gasteiger partial charge >= 0.3 is 5.70 Å². The molecule has 0 radical (unpaired) electrons. The smallest absolute Gasteiger partial charge is 0.305 e. The van der Waals surface area contributed by atoms with E-state index in [1.807, 2.05) is 0 Å². The average Bonchev–Trinajstić information content (AvgIpc) is 2.38. The monoisotopic (exact) mass is 270 g/mol. The molecular formula is C12H22N4O3. The summed E-state index contributed by atoms with van der Waals surface area (Å²) in [7, 11) is 1.69. The van der Waals surface area contributed by atoms with Crippen molar-refractivity contribution in [2.45, 2.75) is 25.8 Å². The number of ether oxygens (including phenoxy) is 1. The molecule has 1 heterocycles. The molecule has 1 aliphatic heterocycles. The van der Waals surface area contributed by atoms with Gasteiger partial charge in [-0.15, -0.1) is 0 Å². The molecule has 1 fully saturated rings. The van der Waals surface area contributed by atoms with E-state index in [9.17, 15) is 10.1 Å². The first-order valence-electron chi connectivity index (χ1n) is 6.42. The predicted molar refractivity (Wildman–Crippen MR) is 73.0 cm³/mol. The molecule has 7 heteroatoms. The summed E-state index contributed by atoms with van der Waals surface area (Å²) >= 11 is 0. The van der Waals surface area contributed by atoms with Gasteiger partial charge in [-0.25, -0.2) is 0 Å². The lowest BCUT2D eigenvalue weighted by molar-refractivity contribution is -0.415. The minimum absolute atomic E-state index is 0.165. The van der Waals surface area contributed by atoms with Crippen LogP contribution in [0.1, 0.15) is 19.8 Å². The standard InChI is InChI=1S/C12H22N4O3/c1-10(12(9-13)16(17)18)14-11-3-5-15(6-4-11)7-8-19-2/h9,11,13-14H,3-8H2,1-2H3/b12-10+,13-9?. The van der Waals surface area contributed by atoms with Crippen molar-refractivity contribution >= 4 is 6.21 Å². The molecule has 19 heavy (non-hydrogen) atoms. The van der Waals surface area contributed by atoms with Gasteiger partial charge in [0.15, 0.2) is 0 Å². The van der Waals surface area contributed by atoms with E-state index in [2.05, 4.69) is 10.2 Å². The van der Waals surface area contributed by atoms with Crippen LogP contribution in [0.15, 0.2) is 11.4 Å². The third-order valence-corrected chi connectivity index (χ3v) is 3.34. The van der Waals surface area contributed by atoms with Gasteiger partial charge in [0, 0.05) is 32.8 Å². The molecule has 2 N–H and O–H groups in total. The van der Waals surface area contributed by atoms with Crippen LogP contribution in [-0.4, -0.2) is 55.4 Å². The maximum atomic E-state index is 10.7. The van der Waals surface area contributed by atoms with E-state index in [0.717, 1.165) is 45.3 Å². The number of piperidine rings is 1. The van der Waals surface area contributed by atoms with E-state index in [0.29, 0.717) is 5.70 Å². The normalized spacial score (nSPS) is 18.8. The molecule has 0 aliphatic carbocycles. The first-order chi connectivity index (χ1) is 9.08. The van der Waals surface area contributed by atoms with Gasteiger partial charge in [0.2, 0.25) is 0 Å². The first-order valence-corrected chi connectivity index (χ1v) is 6.42. The first kappa shape index (κ1) is 15.6. The summed E-state index contributed by atoms with van der Waals surface area (Å²) in [5, 5.41) is 20.9. The summed E-state index contributed by atoms with van der Waals surface area (Å²) in [4.78, 5) is 12.5. The Hall–Kier alpha value is -1.47. The Balaban J connectivity index is 2.44. The Labute approximate surface area is 113 Å². The fourth-order valence-corrected chi connectivity index (χ4v) is 2.20. The van der Waals surface area contributed by atoms with E-state index in [4.69, 9.17) is 10.1 Å². The molecule has 1 aliphatic rings. The van der Waals surface area contributed by atoms with Crippen LogP contribution in [-0.2, 0) is 4.74 Å². The summed E-state index contributed by atoms with van der Waals surface area (Å²) in [6.45, 7) is 5.24. The fourth-order valence-electron chi connectivity index (χ4n) is 2.20. The number of nitrogens with one attached hydrogen (secondary N) is 2. The van der Waals surface area contributed by atoms with E-state index < -0.39 is 4.92 Å². The zero-order valence-electron chi connectivity index (χ0n) is 11.5. The van der Waals surface area contributed by atoms with Crippen molar-refractivity contribution in [3.05, 3.63) is 21.5 Å². The topological polar surface area (TPSA) is 91.5 Å². The highest BCUT2D eigenvalue weighted by Gasteiger charge is 2.21. The Bertz CT molecular complexity index is 349. The van der Waals surface area contributed by atoms with Gasteiger partial charge in [-0.2, -0.15) is 0 Å². The second-order valence-corrected chi connectivity index (χ2v) is 4.66. The van der Waals surface area contributed by atoms with Crippen molar-refractivity contribution < 1.29 is 9.66 Å². The van der Waals surface area contributed by atoms with Crippen LogP contribution >= 0.6 is 0 Å². The molecule has 0 bridgehead atoms. The molecule has 0 aromatic heterocycles. The van der Waals surface area contributed by atoms with Crippen molar-refractivity contribution in [1.82, 2.24) is 10.2 Å². The number of allylic oxidation sites excluding steroid dienone is 2. The maximum Gasteiger partial charge on any atom is 0.305 e. The van der Waals surface area contributed by atoms with Gasteiger partial charge in [-0.3, -0.25) is 10.1 Å². The van der Waals surface area contributed by atoms with Crippen molar-refractivity contribution in [2.24, 2.45) is 0 Å². The van der Waals surface area contributed by atoms with E-state index in [-0.39, 0.29) is 11.7 Å². The van der Waals surface area contributed by atoms with Gasteiger partial charge in [-0.1, -0.05) is 0 Å². The van der Waals surface area contributed by atoms with Crippen LogP contribution in [0, 0.1) is 15.5 Å². The van der Waals surface area contributed by atoms with E-state index in [1.54, 1.807) is 14.0 Å². The van der Waals surface area contributed by atoms with Crippen molar-refractivity contribution in [3.63, 3.8) is 0 Å². The van der Waals surface area contributed by atoms with E-state index >= 15 is 0 Å². The number of nitrogens with zero attached hydrogens (tertiary/aromatic N) is 2. The molecule has 0 amide bonds. The number of methoxy groups -OCH3 is 1. The molecule has 0 spiro atoms. The summed E-state index contributed by atoms with van der Waals surface area (Å²) in [6, 6.07) is 0.244. The quantitative estimate of drug-likeness (QED) is 0.406. The van der Waals surface area contributed by atoms with E-state index in [1.165, 1.54) is 0 Å². The average molecular weight is 270 g/mol. The third kappa shape index (κ3) is 4.96. The lowest BCUT2D eigenvalue weighted by Crippen LogP contribution is -2.43. The maximum absolute atomic E-state index is 10.7. The highest BCUT2D eigenvalue weighted by Crippen LogP contribution is 2.12. The van der Waals surface area contributed by atoms with Crippen LogP contribution in [0.4, 0.5) is 0 Å². The largest absolute Gasteiger partial charge is 0.383 e. The van der Waals surface area contributed by atoms with Crippen LogP contribution in [0.2, 0.25) is 0 Å². The number of nitro groups is 1. The zero-order chi connectivity index (χ0) is 14.3. The molecule has 108 valence electrons. The molecule has 0 saturated carbocycles. The van der Waals surface area contributed by atoms with Crippen LogP contribution < -0.4 is 5.32 Å². The predicted octanol–water partition coefficient (Wildman–Crippen LogP) is 0.845. The zero-order valence-corrected chi connectivity index (χ0v) is 11.5. The minimum Gasteiger partial charge on any atom is -0.383 e. The molecular weight excluding hydrogens is 248 g/mol. The van der Waals surface area contributed by atoms with Crippen LogP contribution in [0.5, 0.6) is 0 Å². The Morgan fingerprint density at radius 3 is 2.68 bits per heavy atom. The molecule has 1 saturated heterocycles. The molecule has 0 atom stereocenters. The number of likely N-dealkylation sites (tertiary alicyclic amines) is 1. The van der Waals surface area contributed by atoms with Crippen molar-refractivity contribution in [3.8, 4) is 0 Å². The number of rotatable bonds is 7. The highest BCUT2D eigenvalue weighted by molar-refractivity contribution is 5.73. The van der Waals surface area contributed by atoms with Crippen LogP contribution in [0.25, 0.3) is 0 Å². The molecule has 7 nitrogen and oxygen atoms in total. The Morgan fingerprint density at radius 2 is 2.21 bits per heavy atom. The molecule has 0 aromatic rings. The van der Waals surface area contributed by atoms with Gasteiger partial charge in [-0.05, 0) is 19.8 Å². The van der Waals surface area contributed by atoms with Gasteiger partial charge < -0.3 is 20.4 Å². The summed E-state index contributed by atoms with van der Waals surface area (Å²) in [5.41, 5.74) is 0.303. The Kier molecular flexibility index (Phi) is 6.44. The number of hydrogen-bond donors (Lipinski definition) is 2. The lowest BCUT2D eigenvalue weighted by atomic mass is 10.0. The molecule has 0 aromatic carbocycles. The second-order valence-electron chi connectivity index (χ2n) is 4.66. The SMILES string of the molecule is COCCN1CCC(N/C(C)=C(\C=N)[N+](=O)[O-])CC1. The van der Waals surface area contributed by atoms with Gasteiger partial charge in [0.25, 0.3) is 0 Å². The minimum atomic E-state index is -0.525. The van der Waals surface area contributed by atoms with Gasteiger partial charge in [0.05, 0.1) is 23.4 Å². The van der Waals surface area contributed by atoms with Crippen LogP contribution in [0.3, 0.4) is 0 Å². The Morgan fingerprint density at radius 1 is 1.58 bits per heavy atom. The van der Waals surface area contributed by atoms with Crippen molar-refractivity contribution in [2.75, 3.05) is 33.4 Å². The van der Waals surface area contributed by atoms with Gasteiger partial charge in [0.1, 0.15) is 0 Å². The summed E-state index contributed by atoms with van der Waals surface area (Å²) < 4.78 is 5.04. The molecule has 0 unspecified atom stereocenters. The second kappa shape index (κ2) is 7.85. The summed E-state index contributed by atoms with van der Waals surface area (Å²) in [5.74, 6) is 0. The number of hydrogen-bond acceptors (Lipinski definition) is 6. The highest BCUT2D eigenvalue weighted by atomic mass is 16.6.